The standard InChI is InChI=1S/C19H27N7O2/c1-21-16-4-2-3-14(9-16)11-23-19-24-12-17(26(27)28)18(25-19)22-10-13-5-7-15(20)8-6-13/h2-4,9,12-13,15,21H,5-8,10-11,20H2,1H3,(H2,22,23,24,25)/t13-,15-. The summed E-state index contributed by atoms with van der Waals surface area (Å²) in [4.78, 5) is 19.3. The van der Waals surface area contributed by atoms with E-state index >= 15 is 0 Å². The summed E-state index contributed by atoms with van der Waals surface area (Å²) < 4.78 is 0. The van der Waals surface area contributed by atoms with Crippen LogP contribution in [0, 0.1) is 16.0 Å². The molecule has 0 unspecified atom stereocenters. The molecule has 1 fully saturated rings. The molecule has 0 amide bonds. The third-order valence-corrected chi connectivity index (χ3v) is 5.08. The summed E-state index contributed by atoms with van der Waals surface area (Å²) in [5.41, 5.74) is 7.90. The molecule has 2 aromatic rings. The van der Waals surface area contributed by atoms with Gasteiger partial charge in [0.05, 0.1) is 4.92 Å². The molecule has 28 heavy (non-hydrogen) atoms. The van der Waals surface area contributed by atoms with Crippen molar-refractivity contribution in [3.05, 3.63) is 46.1 Å². The van der Waals surface area contributed by atoms with E-state index in [9.17, 15) is 10.1 Å². The van der Waals surface area contributed by atoms with Gasteiger partial charge in [0, 0.05) is 31.9 Å². The molecule has 1 aliphatic rings. The molecule has 0 spiro atoms. The second-order valence-electron chi connectivity index (χ2n) is 7.15. The Kier molecular flexibility index (Phi) is 6.59. The van der Waals surface area contributed by atoms with Crippen LogP contribution in [-0.2, 0) is 6.54 Å². The lowest BCUT2D eigenvalue weighted by molar-refractivity contribution is -0.384. The minimum Gasteiger partial charge on any atom is -0.388 e. The highest BCUT2D eigenvalue weighted by Crippen LogP contribution is 2.26. The maximum Gasteiger partial charge on any atom is 0.329 e. The van der Waals surface area contributed by atoms with Crippen molar-refractivity contribution in [1.82, 2.24) is 9.97 Å². The minimum atomic E-state index is -0.459. The van der Waals surface area contributed by atoms with Gasteiger partial charge in [0.2, 0.25) is 11.8 Å². The lowest BCUT2D eigenvalue weighted by Gasteiger charge is -2.26. The maximum absolute atomic E-state index is 11.3. The van der Waals surface area contributed by atoms with Crippen LogP contribution in [-0.4, -0.2) is 34.5 Å². The van der Waals surface area contributed by atoms with E-state index in [2.05, 4.69) is 25.9 Å². The molecule has 9 nitrogen and oxygen atoms in total. The quantitative estimate of drug-likeness (QED) is 0.403. The first kappa shape index (κ1) is 19.8. The lowest BCUT2D eigenvalue weighted by atomic mass is 9.86. The van der Waals surface area contributed by atoms with Crippen LogP contribution in [0.25, 0.3) is 0 Å². The third-order valence-electron chi connectivity index (χ3n) is 5.08. The van der Waals surface area contributed by atoms with Gasteiger partial charge >= 0.3 is 5.69 Å². The molecule has 3 rings (SSSR count). The van der Waals surface area contributed by atoms with Crippen molar-refractivity contribution in [2.75, 3.05) is 29.5 Å². The van der Waals surface area contributed by atoms with Crippen molar-refractivity contribution in [3.8, 4) is 0 Å². The van der Waals surface area contributed by atoms with Crippen LogP contribution in [0.15, 0.2) is 30.5 Å². The van der Waals surface area contributed by atoms with Gasteiger partial charge in [0.25, 0.3) is 0 Å². The highest BCUT2D eigenvalue weighted by atomic mass is 16.6. The van der Waals surface area contributed by atoms with Gasteiger partial charge in [-0.1, -0.05) is 12.1 Å². The van der Waals surface area contributed by atoms with Gasteiger partial charge in [-0.15, -0.1) is 0 Å². The van der Waals surface area contributed by atoms with E-state index in [4.69, 9.17) is 5.73 Å². The summed E-state index contributed by atoms with van der Waals surface area (Å²) in [5.74, 6) is 1.06. The number of hydrogen-bond donors (Lipinski definition) is 4. The predicted molar refractivity (Wildman–Crippen MR) is 110 cm³/mol. The Labute approximate surface area is 164 Å². The molecule has 1 aromatic heterocycles. The van der Waals surface area contributed by atoms with Gasteiger partial charge in [-0.2, -0.15) is 4.98 Å². The van der Waals surface area contributed by atoms with E-state index in [1.165, 1.54) is 6.20 Å². The first-order valence-corrected chi connectivity index (χ1v) is 9.56. The number of anilines is 3. The van der Waals surface area contributed by atoms with Crippen molar-refractivity contribution in [2.45, 2.75) is 38.3 Å². The Morgan fingerprint density at radius 2 is 2.04 bits per heavy atom. The van der Waals surface area contributed by atoms with Crippen LogP contribution in [0.1, 0.15) is 31.2 Å². The molecule has 0 bridgehead atoms. The second-order valence-corrected chi connectivity index (χ2v) is 7.15. The maximum atomic E-state index is 11.3. The Morgan fingerprint density at radius 1 is 1.25 bits per heavy atom. The molecule has 0 saturated heterocycles. The van der Waals surface area contributed by atoms with Crippen molar-refractivity contribution >= 4 is 23.1 Å². The molecule has 9 heteroatoms. The zero-order valence-electron chi connectivity index (χ0n) is 16.0. The Balaban J connectivity index is 1.65. The number of aromatic nitrogens is 2. The van der Waals surface area contributed by atoms with Gasteiger partial charge in [0.15, 0.2) is 0 Å². The molecule has 0 atom stereocenters. The van der Waals surface area contributed by atoms with Gasteiger partial charge in [-0.3, -0.25) is 10.1 Å². The molecular formula is C19H27N7O2. The monoisotopic (exact) mass is 385 g/mol. The fourth-order valence-electron chi connectivity index (χ4n) is 3.38. The van der Waals surface area contributed by atoms with Crippen LogP contribution in [0.5, 0.6) is 0 Å². The Bertz CT molecular complexity index is 807. The minimum absolute atomic E-state index is 0.116. The number of nitrogens with two attached hydrogens (primary N) is 1. The number of rotatable bonds is 8. The summed E-state index contributed by atoms with van der Waals surface area (Å²) in [6.07, 6.45) is 5.30. The molecule has 150 valence electrons. The van der Waals surface area contributed by atoms with Crippen molar-refractivity contribution in [2.24, 2.45) is 11.7 Å². The average Bonchev–Trinajstić information content (AvgIpc) is 2.72. The number of hydrogen-bond acceptors (Lipinski definition) is 8. The summed E-state index contributed by atoms with van der Waals surface area (Å²) in [5, 5.41) is 20.7. The summed E-state index contributed by atoms with van der Waals surface area (Å²) in [6, 6.07) is 8.23. The van der Waals surface area contributed by atoms with Crippen LogP contribution < -0.4 is 21.7 Å². The first-order chi connectivity index (χ1) is 13.5. The van der Waals surface area contributed by atoms with Crippen LogP contribution in [0.2, 0.25) is 0 Å². The number of nitrogens with one attached hydrogen (secondary N) is 3. The second kappa shape index (κ2) is 9.32. The van der Waals surface area contributed by atoms with Crippen LogP contribution in [0.4, 0.5) is 23.1 Å². The van der Waals surface area contributed by atoms with Crippen molar-refractivity contribution in [1.29, 1.82) is 0 Å². The van der Waals surface area contributed by atoms with E-state index in [0.717, 1.165) is 36.9 Å². The van der Waals surface area contributed by atoms with Gasteiger partial charge in [-0.25, -0.2) is 4.98 Å². The summed E-state index contributed by atoms with van der Waals surface area (Å²) >= 11 is 0. The van der Waals surface area contributed by atoms with E-state index < -0.39 is 4.92 Å². The van der Waals surface area contributed by atoms with E-state index in [1.54, 1.807) is 0 Å². The van der Waals surface area contributed by atoms with E-state index in [0.29, 0.717) is 25.0 Å². The molecule has 0 aliphatic heterocycles. The van der Waals surface area contributed by atoms with Gasteiger partial charge in [0.1, 0.15) is 6.20 Å². The number of nitrogens with zero attached hydrogens (tertiary/aromatic N) is 3. The van der Waals surface area contributed by atoms with Gasteiger partial charge < -0.3 is 21.7 Å². The topological polar surface area (TPSA) is 131 Å². The molecule has 5 N–H and O–H groups in total. The SMILES string of the molecule is CNc1cccc(CNc2ncc([N+](=O)[O-])c(NC[C@H]3CC[C@H](N)CC3)n2)c1. The highest BCUT2D eigenvalue weighted by Gasteiger charge is 2.21. The molecule has 0 radical (unpaired) electrons. The van der Waals surface area contributed by atoms with E-state index in [1.807, 2.05) is 31.3 Å². The third kappa shape index (κ3) is 5.29. The fraction of sp³-hybridized carbons (Fsp3) is 0.474. The highest BCUT2D eigenvalue weighted by molar-refractivity contribution is 5.57. The first-order valence-electron chi connectivity index (χ1n) is 9.56. The summed E-state index contributed by atoms with van der Waals surface area (Å²) in [6.45, 7) is 1.17. The summed E-state index contributed by atoms with van der Waals surface area (Å²) in [7, 11) is 1.87. The van der Waals surface area contributed by atoms with Gasteiger partial charge in [-0.05, 0) is 49.3 Å². The number of nitro groups is 1. The van der Waals surface area contributed by atoms with Crippen molar-refractivity contribution in [3.63, 3.8) is 0 Å². The lowest BCUT2D eigenvalue weighted by Crippen LogP contribution is -2.29. The molecule has 1 heterocycles. The smallest absolute Gasteiger partial charge is 0.329 e. The fourth-order valence-corrected chi connectivity index (χ4v) is 3.38. The molecule has 1 saturated carbocycles. The molecular weight excluding hydrogens is 358 g/mol. The largest absolute Gasteiger partial charge is 0.388 e. The molecule has 1 aliphatic carbocycles. The predicted octanol–water partition coefficient (Wildman–Crippen LogP) is 2.97. The normalized spacial score (nSPS) is 19.1. The number of benzene rings is 1. The Hall–Kier alpha value is -2.94. The van der Waals surface area contributed by atoms with Crippen LogP contribution >= 0.6 is 0 Å². The molecule has 1 aromatic carbocycles. The average molecular weight is 385 g/mol. The zero-order chi connectivity index (χ0) is 19.9. The van der Waals surface area contributed by atoms with Crippen LogP contribution in [0.3, 0.4) is 0 Å². The zero-order valence-corrected chi connectivity index (χ0v) is 16.0. The Morgan fingerprint density at radius 3 is 2.75 bits per heavy atom. The van der Waals surface area contributed by atoms with E-state index in [-0.39, 0.29) is 17.5 Å². The van der Waals surface area contributed by atoms with Crippen molar-refractivity contribution < 1.29 is 4.92 Å².